The zero-order valence-corrected chi connectivity index (χ0v) is 16.7. The molecule has 2 aromatic rings. The van der Waals surface area contributed by atoms with Crippen LogP contribution in [0.1, 0.15) is 5.56 Å². The van der Waals surface area contributed by atoms with Crippen LogP contribution in [0, 0.1) is 5.82 Å². The Morgan fingerprint density at radius 1 is 1.13 bits per heavy atom. The van der Waals surface area contributed by atoms with Crippen molar-refractivity contribution in [2.45, 2.75) is 12.6 Å². The molecule has 0 aromatic heterocycles. The molecule has 0 aliphatic carbocycles. The Bertz CT molecular complexity index is 912. The number of benzene rings is 2. The predicted octanol–water partition coefficient (Wildman–Crippen LogP) is 1.95. The number of rotatable bonds is 5. The van der Waals surface area contributed by atoms with Gasteiger partial charge in [0, 0.05) is 38.4 Å². The topological polar surface area (TPSA) is 97.3 Å². The van der Waals surface area contributed by atoms with E-state index in [0.29, 0.717) is 56.4 Å². The first-order valence-electron chi connectivity index (χ1n) is 9.98. The van der Waals surface area contributed by atoms with Gasteiger partial charge in [-0.15, -0.1) is 0 Å². The molecule has 2 aromatic carbocycles. The van der Waals surface area contributed by atoms with E-state index in [0.717, 1.165) is 5.56 Å². The average molecular weight is 415 g/mol. The highest BCUT2D eigenvalue weighted by atomic mass is 19.1. The van der Waals surface area contributed by atoms with Crippen molar-refractivity contribution in [3.8, 4) is 0 Å². The van der Waals surface area contributed by atoms with E-state index in [1.54, 1.807) is 12.1 Å². The number of nitrogen functional groups attached to an aromatic ring is 1. The van der Waals surface area contributed by atoms with Crippen LogP contribution in [0.3, 0.4) is 0 Å². The molecule has 1 atom stereocenters. The summed E-state index contributed by atoms with van der Waals surface area (Å²) in [6.45, 7) is 3.41. The smallest absolute Gasteiger partial charge is 0.414 e. The molecule has 160 valence electrons. The number of carbonyl (C=O) groups excluding carboxylic acids is 1. The standard InChI is InChI=1S/C21H26FN5O3/c22-19-11-17(27-14-18(12-23)30-21(27)28)4-5-20(19)25-6-7-26(29-9-8-25)13-15-2-1-3-16(24)10-15/h1-5,10-11,18H,6-9,12-14,23-24H2/t18-/m0/s1. The lowest BCUT2D eigenvalue weighted by Gasteiger charge is -2.24. The molecule has 0 bridgehead atoms. The highest BCUT2D eigenvalue weighted by molar-refractivity contribution is 5.90. The molecule has 0 saturated carbocycles. The molecule has 2 aliphatic heterocycles. The highest BCUT2D eigenvalue weighted by Gasteiger charge is 2.32. The fraction of sp³-hybridized carbons (Fsp3) is 0.381. The van der Waals surface area contributed by atoms with Crippen LogP contribution in [0.4, 0.5) is 26.2 Å². The minimum Gasteiger partial charge on any atom is -0.443 e. The summed E-state index contributed by atoms with van der Waals surface area (Å²) < 4.78 is 20.0. The maximum Gasteiger partial charge on any atom is 0.414 e. The number of hydrogen-bond donors (Lipinski definition) is 2. The van der Waals surface area contributed by atoms with Gasteiger partial charge in [-0.2, -0.15) is 5.06 Å². The van der Waals surface area contributed by atoms with Crippen LogP contribution >= 0.6 is 0 Å². The number of hydroxylamine groups is 2. The second kappa shape index (κ2) is 8.86. The Morgan fingerprint density at radius 3 is 2.73 bits per heavy atom. The summed E-state index contributed by atoms with van der Waals surface area (Å²) >= 11 is 0. The highest BCUT2D eigenvalue weighted by Crippen LogP contribution is 2.28. The van der Waals surface area contributed by atoms with Gasteiger partial charge >= 0.3 is 6.09 Å². The summed E-state index contributed by atoms with van der Waals surface area (Å²) in [6, 6.07) is 12.5. The number of halogens is 1. The summed E-state index contributed by atoms with van der Waals surface area (Å²) in [7, 11) is 0. The van der Waals surface area contributed by atoms with Crippen LogP contribution in [0.25, 0.3) is 0 Å². The minimum absolute atomic E-state index is 0.239. The molecule has 9 heteroatoms. The van der Waals surface area contributed by atoms with Crippen molar-refractivity contribution in [1.82, 2.24) is 5.06 Å². The summed E-state index contributed by atoms with van der Waals surface area (Å²) in [4.78, 5) is 21.2. The Labute approximate surface area is 174 Å². The predicted molar refractivity (Wildman–Crippen MR) is 112 cm³/mol. The van der Waals surface area contributed by atoms with Crippen LogP contribution < -0.4 is 21.3 Å². The average Bonchev–Trinajstić information content (AvgIpc) is 2.96. The third kappa shape index (κ3) is 4.48. The van der Waals surface area contributed by atoms with Crippen LogP contribution in [-0.2, 0) is 16.1 Å². The third-order valence-electron chi connectivity index (χ3n) is 5.28. The fourth-order valence-corrected chi connectivity index (χ4v) is 3.72. The molecular weight excluding hydrogens is 389 g/mol. The first kappa shape index (κ1) is 20.4. The van der Waals surface area contributed by atoms with E-state index >= 15 is 0 Å². The normalized spacial score (nSPS) is 20.3. The Morgan fingerprint density at radius 2 is 2.00 bits per heavy atom. The van der Waals surface area contributed by atoms with Crippen molar-refractivity contribution in [2.75, 3.05) is 54.9 Å². The third-order valence-corrected chi connectivity index (χ3v) is 5.28. The van der Waals surface area contributed by atoms with Gasteiger partial charge in [-0.1, -0.05) is 12.1 Å². The van der Waals surface area contributed by atoms with Gasteiger partial charge in [0.25, 0.3) is 0 Å². The second-order valence-corrected chi connectivity index (χ2v) is 7.42. The molecule has 2 fully saturated rings. The van der Waals surface area contributed by atoms with Gasteiger partial charge in [0.15, 0.2) is 0 Å². The van der Waals surface area contributed by atoms with Crippen molar-refractivity contribution in [1.29, 1.82) is 0 Å². The van der Waals surface area contributed by atoms with Gasteiger partial charge in [-0.05, 0) is 35.9 Å². The van der Waals surface area contributed by atoms with Crippen molar-refractivity contribution in [3.63, 3.8) is 0 Å². The molecular formula is C21H26FN5O3. The minimum atomic E-state index is -0.502. The summed E-state index contributed by atoms with van der Waals surface area (Å²) in [6.07, 6.45) is -0.869. The SMILES string of the molecule is NC[C@H]1CN(c2ccc(N3CCON(Cc4cccc(N)c4)CC3)c(F)c2)C(=O)O1. The molecule has 4 rings (SSSR count). The van der Waals surface area contributed by atoms with Gasteiger partial charge in [0.05, 0.1) is 24.5 Å². The van der Waals surface area contributed by atoms with E-state index in [1.807, 2.05) is 34.2 Å². The number of ether oxygens (including phenoxy) is 1. The van der Waals surface area contributed by atoms with Crippen molar-refractivity contribution >= 4 is 23.2 Å². The van der Waals surface area contributed by atoms with E-state index in [1.165, 1.54) is 11.0 Å². The molecule has 0 radical (unpaired) electrons. The first-order chi connectivity index (χ1) is 14.5. The van der Waals surface area contributed by atoms with Crippen LogP contribution in [-0.4, -0.2) is 56.6 Å². The number of nitrogens with zero attached hydrogens (tertiary/aromatic N) is 3. The molecule has 4 N–H and O–H groups in total. The largest absolute Gasteiger partial charge is 0.443 e. The molecule has 0 spiro atoms. The number of hydrogen-bond acceptors (Lipinski definition) is 7. The van der Waals surface area contributed by atoms with Gasteiger partial charge < -0.3 is 21.1 Å². The lowest BCUT2D eigenvalue weighted by molar-refractivity contribution is -0.154. The zero-order valence-electron chi connectivity index (χ0n) is 16.7. The van der Waals surface area contributed by atoms with Gasteiger partial charge in [0.1, 0.15) is 11.9 Å². The monoisotopic (exact) mass is 415 g/mol. The molecule has 1 amide bonds. The number of cyclic esters (lactones) is 1. The van der Waals surface area contributed by atoms with E-state index in [-0.39, 0.29) is 18.5 Å². The lowest BCUT2D eigenvalue weighted by atomic mass is 10.2. The lowest BCUT2D eigenvalue weighted by Crippen LogP contribution is -2.31. The second-order valence-electron chi connectivity index (χ2n) is 7.42. The molecule has 0 unspecified atom stereocenters. The van der Waals surface area contributed by atoms with Crippen LogP contribution in [0.5, 0.6) is 0 Å². The van der Waals surface area contributed by atoms with E-state index in [4.69, 9.17) is 21.0 Å². The van der Waals surface area contributed by atoms with Gasteiger partial charge in [-0.3, -0.25) is 9.74 Å². The number of anilines is 3. The first-order valence-corrected chi connectivity index (χ1v) is 9.98. The number of carbonyl (C=O) groups is 1. The maximum absolute atomic E-state index is 14.9. The van der Waals surface area contributed by atoms with Crippen LogP contribution in [0.15, 0.2) is 42.5 Å². The van der Waals surface area contributed by atoms with Gasteiger partial charge in [-0.25, -0.2) is 9.18 Å². The molecule has 2 heterocycles. The molecule has 2 saturated heterocycles. The van der Waals surface area contributed by atoms with Gasteiger partial charge in [0.2, 0.25) is 0 Å². The van der Waals surface area contributed by atoms with Crippen molar-refractivity contribution < 1.29 is 18.8 Å². The summed E-state index contributed by atoms with van der Waals surface area (Å²) in [5, 5.41) is 1.87. The van der Waals surface area contributed by atoms with Crippen LogP contribution in [0.2, 0.25) is 0 Å². The van der Waals surface area contributed by atoms with Crippen molar-refractivity contribution in [2.24, 2.45) is 5.73 Å². The maximum atomic E-state index is 14.9. The molecule has 2 aliphatic rings. The summed E-state index contributed by atoms with van der Waals surface area (Å²) in [5.41, 5.74) is 14.1. The quantitative estimate of drug-likeness (QED) is 0.721. The van der Waals surface area contributed by atoms with E-state index < -0.39 is 6.09 Å². The van der Waals surface area contributed by atoms with E-state index in [9.17, 15) is 9.18 Å². The van der Waals surface area contributed by atoms with E-state index in [2.05, 4.69) is 0 Å². The number of nitrogens with two attached hydrogens (primary N) is 2. The van der Waals surface area contributed by atoms with Crippen molar-refractivity contribution in [3.05, 3.63) is 53.8 Å². The molecule has 8 nitrogen and oxygen atoms in total. The summed E-state index contributed by atoms with van der Waals surface area (Å²) in [5.74, 6) is -0.388. The molecule has 30 heavy (non-hydrogen) atoms. The Balaban J connectivity index is 1.41. The Kier molecular flexibility index (Phi) is 6.03. The Hall–Kier alpha value is -2.88. The zero-order chi connectivity index (χ0) is 21.1. The fourth-order valence-electron chi connectivity index (χ4n) is 3.72. The number of amides is 1.